The summed E-state index contributed by atoms with van der Waals surface area (Å²) in [5, 5.41) is 15.1. The molecule has 1 fully saturated rings. The number of carbonyl (C=O) groups excluding carboxylic acids is 1. The minimum Gasteiger partial charge on any atom is -0.389 e. The van der Waals surface area contributed by atoms with Gasteiger partial charge in [0.2, 0.25) is 0 Å². The van der Waals surface area contributed by atoms with Crippen molar-refractivity contribution in [3.8, 4) is 0 Å². The minimum absolute atomic E-state index is 0.209. The smallest absolute Gasteiger partial charge is 0.319 e. The van der Waals surface area contributed by atoms with Crippen LogP contribution in [0.25, 0.3) is 0 Å². The number of aliphatic hydroxyl groups excluding tert-OH is 1. The van der Waals surface area contributed by atoms with Gasteiger partial charge in [0.05, 0.1) is 12.2 Å². The Morgan fingerprint density at radius 3 is 2.70 bits per heavy atom. The molecule has 1 aromatic rings. The highest BCUT2D eigenvalue weighted by molar-refractivity contribution is 5.89. The molecule has 0 radical (unpaired) electrons. The molecule has 0 bridgehead atoms. The van der Waals surface area contributed by atoms with E-state index in [2.05, 4.69) is 10.6 Å². The Hall–Kier alpha value is -1.59. The van der Waals surface area contributed by atoms with Crippen LogP contribution in [0.3, 0.4) is 0 Å². The summed E-state index contributed by atoms with van der Waals surface area (Å²) in [7, 11) is 0. The molecule has 1 aliphatic heterocycles. The molecule has 5 nitrogen and oxygen atoms in total. The first-order valence-electron chi connectivity index (χ1n) is 7.00. The van der Waals surface area contributed by atoms with Crippen molar-refractivity contribution in [2.24, 2.45) is 5.92 Å². The van der Waals surface area contributed by atoms with Crippen LogP contribution in [0, 0.1) is 5.92 Å². The van der Waals surface area contributed by atoms with Gasteiger partial charge in [-0.1, -0.05) is 12.1 Å². The van der Waals surface area contributed by atoms with Gasteiger partial charge in [-0.2, -0.15) is 0 Å². The van der Waals surface area contributed by atoms with Gasteiger partial charge >= 0.3 is 6.03 Å². The van der Waals surface area contributed by atoms with Crippen LogP contribution in [-0.4, -0.2) is 30.4 Å². The molecule has 3 N–H and O–H groups in total. The van der Waals surface area contributed by atoms with Gasteiger partial charge in [0.15, 0.2) is 0 Å². The fraction of sp³-hybridized carbons (Fsp3) is 0.533. The fourth-order valence-corrected chi connectivity index (χ4v) is 2.29. The van der Waals surface area contributed by atoms with Crippen LogP contribution in [0.4, 0.5) is 10.5 Å². The predicted octanol–water partition coefficient (Wildman–Crippen LogP) is 2.29. The maximum absolute atomic E-state index is 11.8. The van der Waals surface area contributed by atoms with E-state index in [0.717, 1.165) is 18.6 Å². The van der Waals surface area contributed by atoms with Gasteiger partial charge in [-0.05, 0) is 38.0 Å². The van der Waals surface area contributed by atoms with Crippen LogP contribution < -0.4 is 10.6 Å². The number of urea groups is 1. The van der Waals surface area contributed by atoms with Gasteiger partial charge in [0, 0.05) is 24.8 Å². The summed E-state index contributed by atoms with van der Waals surface area (Å²) in [5.74, 6) is 0.387. The summed E-state index contributed by atoms with van der Waals surface area (Å²) >= 11 is 0. The zero-order valence-electron chi connectivity index (χ0n) is 11.9. The average Bonchev–Trinajstić information content (AvgIpc) is 2.82. The number of aliphatic hydroxyl groups is 1. The Bertz CT molecular complexity index is 445. The first kappa shape index (κ1) is 14.8. The van der Waals surface area contributed by atoms with Crippen molar-refractivity contribution in [3.63, 3.8) is 0 Å². The van der Waals surface area contributed by atoms with Crippen LogP contribution in [-0.2, 0) is 4.74 Å². The van der Waals surface area contributed by atoms with Gasteiger partial charge < -0.3 is 20.5 Å². The summed E-state index contributed by atoms with van der Waals surface area (Å²) in [6, 6.07) is 6.94. The zero-order chi connectivity index (χ0) is 14.5. The molecule has 1 heterocycles. The van der Waals surface area contributed by atoms with Crippen molar-refractivity contribution in [2.75, 3.05) is 18.5 Å². The second kappa shape index (κ2) is 6.72. The Morgan fingerprint density at radius 1 is 1.45 bits per heavy atom. The molecule has 1 aromatic carbocycles. The van der Waals surface area contributed by atoms with Gasteiger partial charge in [-0.15, -0.1) is 0 Å². The number of hydrogen-bond acceptors (Lipinski definition) is 3. The summed E-state index contributed by atoms with van der Waals surface area (Å²) < 4.78 is 5.46. The number of nitrogens with one attached hydrogen (secondary N) is 2. The lowest BCUT2D eigenvalue weighted by Crippen LogP contribution is -2.35. The van der Waals surface area contributed by atoms with Crippen molar-refractivity contribution in [1.29, 1.82) is 0 Å². The average molecular weight is 278 g/mol. The van der Waals surface area contributed by atoms with Crippen LogP contribution in [0.15, 0.2) is 24.3 Å². The van der Waals surface area contributed by atoms with Crippen molar-refractivity contribution in [3.05, 3.63) is 29.8 Å². The Morgan fingerprint density at radius 2 is 2.15 bits per heavy atom. The van der Waals surface area contributed by atoms with E-state index >= 15 is 0 Å². The number of anilines is 1. The highest BCUT2D eigenvalue weighted by Crippen LogP contribution is 2.19. The topological polar surface area (TPSA) is 70.6 Å². The number of ether oxygens (including phenoxy) is 1. The standard InChI is InChI=1S/C15H22N2O3/c1-10(18)12-3-5-14(6-4-12)17-15(19)16-9-13-7-8-20-11(13)2/h3-6,10-11,13,18H,7-9H2,1-2H3,(H2,16,17,19). The Kier molecular flexibility index (Phi) is 4.98. The van der Waals surface area contributed by atoms with Crippen LogP contribution >= 0.6 is 0 Å². The monoisotopic (exact) mass is 278 g/mol. The maximum atomic E-state index is 11.8. The molecular formula is C15H22N2O3. The number of amides is 2. The molecule has 3 unspecified atom stereocenters. The second-order valence-electron chi connectivity index (χ2n) is 5.26. The van der Waals surface area contributed by atoms with Crippen molar-refractivity contribution >= 4 is 11.7 Å². The number of hydrogen-bond donors (Lipinski definition) is 3. The Balaban J connectivity index is 1.79. The first-order valence-corrected chi connectivity index (χ1v) is 7.00. The molecule has 2 amide bonds. The third kappa shape index (κ3) is 3.95. The Labute approximate surface area is 119 Å². The molecule has 20 heavy (non-hydrogen) atoms. The molecule has 1 aliphatic rings. The van der Waals surface area contributed by atoms with Crippen LogP contribution in [0.1, 0.15) is 31.9 Å². The third-order valence-corrected chi connectivity index (χ3v) is 3.71. The molecule has 0 saturated carbocycles. The van der Waals surface area contributed by atoms with Gasteiger partial charge in [0.25, 0.3) is 0 Å². The van der Waals surface area contributed by atoms with Crippen LogP contribution in [0.2, 0.25) is 0 Å². The highest BCUT2D eigenvalue weighted by atomic mass is 16.5. The van der Waals surface area contributed by atoms with E-state index in [9.17, 15) is 9.90 Å². The summed E-state index contributed by atoms with van der Waals surface area (Å²) in [6.45, 7) is 5.14. The van der Waals surface area contributed by atoms with Crippen LogP contribution in [0.5, 0.6) is 0 Å². The van der Waals surface area contributed by atoms with E-state index in [1.54, 1.807) is 31.2 Å². The molecule has 0 spiro atoms. The molecule has 0 aromatic heterocycles. The quantitative estimate of drug-likeness (QED) is 0.791. The van der Waals surface area contributed by atoms with Crippen molar-refractivity contribution in [2.45, 2.75) is 32.5 Å². The largest absolute Gasteiger partial charge is 0.389 e. The van der Waals surface area contributed by atoms with E-state index in [4.69, 9.17) is 4.74 Å². The van der Waals surface area contributed by atoms with E-state index in [-0.39, 0.29) is 12.1 Å². The number of carbonyl (C=O) groups is 1. The normalized spacial score (nSPS) is 23.4. The predicted molar refractivity (Wildman–Crippen MR) is 77.6 cm³/mol. The van der Waals surface area contributed by atoms with Crippen molar-refractivity contribution in [1.82, 2.24) is 5.32 Å². The summed E-state index contributed by atoms with van der Waals surface area (Å²) in [4.78, 5) is 11.8. The molecule has 5 heteroatoms. The second-order valence-corrected chi connectivity index (χ2v) is 5.26. The molecule has 3 atom stereocenters. The molecule has 110 valence electrons. The third-order valence-electron chi connectivity index (χ3n) is 3.71. The van der Waals surface area contributed by atoms with Crippen molar-refractivity contribution < 1.29 is 14.6 Å². The fourth-order valence-electron chi connectivity index (χ4n) is 2.29. The highest BCUT2D eigenvalue weighted by Gasteiger charge is 2.24. The lowest BCUT2D eigenvalue weighted by molar-refractivity contribution is 0.106. The van der Waals surface area contributed by atoms with Gasteiger partial charge in [0.1, 0.15) is 0 Å². The molecule has 0 aliphatic carbocycles. The molecular weight excluding hydrogens is 256 g/mol. The van der Waals surface area contributed by atoms with E-state index in [0.29, 0.717) is 18.2 Å². The maximum Gasteiger partial charge on any atom is 0.319 e. The van der Waals surface area contributed by atoms with Gasteiger partial charge in [-0.3, -0.25) is 0 Å². The lowest BCUT2D eigenvalue weighted by atomic mass is 10.0. The van der Waals surface area contributed by atoms with E-state index in [1.165, 1.54) is 0 Å². The first-order chi connectivity index (χ1) is 9.56. The molecule has 2 rings (SSSR count). The van der Waals surface area contributed by atoms with Gasteiger partial charge in [-0.25, -0.2) is 4.79 Å². The minimum atomic E-state index is -0.498. The van der Waals surface area contributed by atoms with E-state index in [1.807, 2.05) is 6.92 Å². The molecule has 1 saturated heterocycles. The zero-order valence-corrected chi connectivity index (χ0v) is 11.9. The number of rotatable bonds is 4. The lowest BCUT2D eigenvalue weighted by Gasteiger charge is -2.15. The number of benzene rings is 1. The van der Waals surface area contributed by atoms with E-state index < -0.39 is 6.10 Å². The summed E-state index contributed by atoms with van der Waals surface area (Å²) in [6.07, 6.45) is 0.701. The SMILES string of the molecule is CC(O)c1ccc(NC(=O)NCC2CCOC2C)cc1. The summed E-state index contributed by atoms with van der Waals surface area (Å²) in [5.41, 5.74) is 1.54.